The first kappa shape index (κ1) is 13.9. The Morgan fingerprint density at radius 2 is 2.25 bits per heavy atom. The molecule has 0 aromatic heterocycles. The van der Waals surface area contributed by atoms with Crippen LogP contribution >= 0.6 is 0 Å². The van der Waals surface area contributed by atoms with Gasteiger partial charge in [-0.15, -0.1) is 0 Å². The van der Waals surface area contributed by atoms with E-state index >= 15 is 0 Å². The third kappa shape index (κ3) is 3.26. The van der Waals surface area contributed by atoms with Crippen LogP contribution in [0.1, 0.15) is 28.8 Å². The number of carboxylic acid groups (broad SMARTS) is 1. The highest BCUT2D eigenvalue weighted by Gasteiger charge is 2.24. The first-order valence-corrected chi connectivity index (χ1v) is 6.39. The van der Waals surface area contributed by atoms with Gasteiger partial charge in [0.15, 0.2) is 0 Å². The monoisotopic (exact) mass is 273 g/mol. The minimum absolute atomic E-state index is 0.182. The molecule has 1 saturated heterocycles. The molecule has 1 aromatic rings. The minimum Gasteiger partial charge on any atom is -0.465 e. The average molecular weight is 273 g/mol. The van der Waals surface area contributed by atoms with E-state index in [1.54, 1.807) is 18.2 Å². The number of piperidine rings is 1. The van der Waals surface area contributed by atoms with Gasteiger partial charge in [0.05, 0.1) is 11.6 Å². The molecule has 0 radical (unpaired) electrons. The van der Waals surface area contributed by atoms with E-state index in [1.165, 1.54) is 11.0 Å². The Bertz CT molecular complexity index is 565. The molecule has 6 heteroatoms. The summed E-state index contributed by atoms with van der Waals surface area (Å²) < 4.78 is 0. The zero-order valence-electron chi connectivity index (χ0n) is 10.9. The molecule has 6 nitrogen and oxygen atoms in total. The largest absolute Gasteiger partial charge is 0.465 e. The van der Waals surface area contributed by atoms with E-state index in [0.29, 0.717) is 24.2 Å². The summed E-state index contributed by atoms with van der Waals surface area (Å²) in [6, 6.07) is 8.23. The summed E-state index contributed by atoms with van der Waals surface area (Å²) in [5, 5.41) is 20.6. The van der Waals surface area contributed by atoms with Crippen molar-refractivity contribution in [2.24, 2.45) is 0 Å². The maximum Gasteiger partial charge on any atom is 0.407 e. The summed E-state index contributed by atoms with van der Waals surface area (Å²) in [6.45, 7) is 0.810. The Hall–Kier alpha value is -2.55. The molecule has 1 heterocycles. The lowest BCUT2D eigenvalue weighted by molar-refractivity contribution is 0.0888. The van der Waals surface area contributed by atoms with Crippen molar-refractivity contribution in [2.45, 2.75) is 18.9 Å². The number of amides is 2. The van der Waals surface area contributed by atoms with Gasteiger partial charge in [0, 0.05) is 24.7 Å². The number of nitrogens with zero attached hydrogens (tertiary/aromatic N) is 2. The maximum absolute atomic E-state index is 12.1. The van der Waals surface area contributed by atoms with Crippen LogP contribution in [0.5, 0.6) is 0 Å². The molecule has 1 atom stereocenters. The van der Waals surface area contributed by atoms with Gasteiger partial charge in [-0.3, -0.25) is 4.79 Å². The summed E-state index contributed by atoms with van der Waals surface area (Å²) in [7, 11) is 0. The summed E-state index contributed by atoms with van der Waals surface area (Å²) in [5.74, 6) is -0.278. The second-order valence-electron chi connectivity index (χ2n) is 4.73. The molecule has 0 bridgehead atoms. The summed E-state index contributed by atoms with van der Waals surface area (Å²) in [4.78, 5) is 24.3. The topological polar surface area (TPSA) is 93.4 Å². The zero-order chi connectivity index (χ0) is 14.5. The summed E-state index contributed by atoms with van der Waals surface area (Å²) in [5.41, 5.74) is 0.838. The highest BCUT2D eigenvalue weighted by Crippen LogP contribution is 2.11. The van der Waals surface area contributed by atoms with Gasteiger partial charge in [0.2, 0.25) is 0 Å². The standard InChI is InChI=1S/C14H15N3O3/c15-8-10-3-1-4-11(7-10)13(18)16-12-5-2-6-17(9-12)14(19)20/h1,3-4,7,12H,2,5-6,9H2,(H,16,18)(H,19,20). The fourth-order valence-electron chi connectivity index (χ4n) is 2.27. The summed E-state index contributed by atoms with van der Waals surface area (Å²) in [6.07, 6.45) is 0.526. The minimum atomic E-state index is -0.963. The third-order valence-electron chi connectivity index (χ3n) is 3.28. The lowest BCUT2D eigenvalue weighted by atomic mass is 10.0. The van der Waals surface area contributed by atoms with E-state index in [2.05, 4.69) is 5.32 Å². The van der Waals surface area contributed by atoms with Gasteiger partial charge in [-0.05, 0) is 31.0 Å². The van der Waals surface area contributed by atoms with Crippen molar-refractivity contribution in [3.63, 3.8) is 0 Å². The quantitative estimate of drug-likeness (QED) is 0.852. The number of likely N-dealkylation sites (tertiary alicyclic amines) is 1. The highest BCUT2D eigenvalue weighted by atomic mass is 16.4. The molecule has 0 aliphatic carbocycles. The molecule has 20 heavy (non-hydrogen) atoms. The van der Waals surface area contributed by atoms with Crippen LogP contribution in [0.3, 0.4) is 0 Å². The molecule has 2 N–H and O–H groups in total. The van der Waals surface area contributed by atoms with E-state index in [0.717, 1.165) is 12.8 Å². The number of benzene rings is 1. The average Bonchev–Trinajstić information content (AvgIpc) is 2.47. The molecule has 2 rings (SSSR count). The number of nitriles is 1. The Balaban J connectivity index is 2.00. The van der Waals surface area contributed by atoms with Crippen LogP contribution in [0.4, 0.5) is 4.79 Å². The normalized spacial score (nSPS) is 18.1. The maximum atomic E-state index is 12.1. The lowest BCUT2D eigenvalue weighted by Gasteiger charge is -2.31. The number of hydrogen-bond acceptors (Lipinski definition) is 3. The molecule has 0 saturated carbocycles. The van der Waals surface area contributed by atoms with Crippen LogP contribution in [0, 0.1) is 11.3 Å². The number of hydrogen-bond donors (Lipinski definition) is 2. The van der Waals surface area contributed by atoms with Crippen molar-refractivity contribution in [3.05, 3.63) is 35.4 Å². The zero-order valence-corrected chi connectivity index (χ0v) is 10.9. The van der Waals surface area contributed by atoms with Gasteiger partial charge in [-0.1, -0.05) is 6.07 Å². The smallest absolute Gasteiger partial charge is 0.407 e. The first-order chi connectivity index (χ1) is 9.60. The second kappa shape index (κ2) is 6.06. The number of nitrogens with one attached hydrogen (secondary N) is 1. The number of rotatable bonds is 2. The molecule has 1 aliphatic heterocycles. The number of carbonyl (C=O) groups is 2. The molecule has 1 aromatic carbocycles. The SMILES string of the molecule is N#Cc1cccc(C(=O)NC2CCCN(C(=O)O)C2)c1. The molecule has 0 spiro atoms. The van der Waals surface area contributed by atoms with E-state index in [-0.39, 0.29) is 11.9 Å². The molecule has 1 fully saturated rings. The molecular weight excluding hydrogens is 258 g/mol. The highest BCUT2D eigenvalue weighted by molar-refractivity contribution is 5.94. The Morgan fingerprint density at radius 3 is 2.95 bits per heavy atom. The van der Waals surface area contributed by atoms with Gasteiger partial charge < -0.3 is 15.3 Å². The summed E-state index contributed by atoms with van der Waals surface area (Å²) >= 11 is 0. The Morgan fingerprint density at radius 1 is 1.45 bits per heavy atom. The first-order valence-electron chi connectivity index (χ1n) is 6.39. The van der Waals surface area contributed by atoms with Crippen LogP contribution in [0.2, 0.25) is 0 Å². The predicted molar refractivity (Wildman–Crippen MR) is 71.2 cm³/mol. The fourth-order valence-corrected chi connectivity index (χ4v) is 2.27. The molecular formula is C14H15N3O3. The van der Waals surface area contributed by atoms with E-state index in [9.17, 15) is 9.59 Å². The van der Waals surface area contributed by atoms with Gasteiger partial charge in [0.25, 0.3) is 5.91 Å². The van der Waals surface area contributed by atoms with Crippen molar-refractivity contribution in [2.75, 3.05) is 13.1 Å². The molecule has 1 unspecified atom stereocenters. The predicted octanol–water partition coefficient (Wildman–Crippen LogP) is 1.43. The fraction of sp³-hybridized carbons (Fsp3) is 0.357. The van der Waals surface area contributed by atoms with Crippen LogP contribution in [-0.2, 0) is 0 Å². The third-order valence-corrected chi connectivity index (χ3v) is 3.28. The van der Waals surface area contributed by atoms with Crippen LogP contribution in [0.15, 0.2) is 24.3 Å². The van der Waals surface area contributed by atoms with Crippen molar-refractivity contribution in [3.8, 4) is 6.07 Å². The van der Waals surface area contributed by atoms with E-state index in [1.807, 2.05) is 6.07 Å². The van der Waals surface area contributed by atoms with Gasteiger partial charge in [-0.2, -0.15) is 5.26 Å². The van der Waals surface area contributed by atoms with E-state index in [4.69, 9.17) is 10.4 Å². The van der Waals surface area contributed by atoms with Crippen molar-refractivity contribution >= 4 is 12.0 Å². The second-order valence-corrected chi connectivity index (χ2v) is 4.73. The number of carbonyl (C=O) groups excluding carboxylic acids is 1. The van der Waals surface area contributed by atoms with Crippen molar-refractivity contribution in [1.82, 2.24) is 10.2 Å². The van der Waals surface area contributed by atoms with Crippen LogP contribution < -0.4 is 5.32 Å². The molecule has 1 aliphatic rings. The Labute approximate surface area is 116 Å². The van der Waals surface area contributed by atoms with Crippen molar-refractivity contribution < 1.29 is 14.7 Å². The Kier molecular flexibility index (Phi) is 4.20. The van der Waals surface area contributed by atoms with Crippen LogP contribution in [0.25, 0.3) is 0 Å². The van der Waals surface area contributed by atoms with Gasteiger partial charge in [-0.25, -0.2) is 4.79 Å². The lowest BCUT2D eigenvalue weighted by Crippen LogP contribution is -2.49. The van der Waals surface area contributed by atoms with Crippen LogP contribution in [-0.4, -0.2) is 41.1 Å². The van der Waals surface area contributed by atoms with Crippen molar-refractivity contribution in [1.29, 1.82) is 5.26 Å². The molecule has 2 amide bonds. The van der Waals surface area contributed by atoms with E-state index < -0.39 is 6.09 Å². The van der Waals surface area contributed by atoms with Gasteiger partial charge in [0.1, 0.15) is 0 Å². The van der Waals surface area contributed by atoms with Gasteiger partial charge >= 0.3 is 6.09 Å². The molecule has 104 valence electrons.